The highest BCUT2D eigenvalue weighted by Crippen LogP contribution is 3.13. The molecule has 10 atom stereocenters. The number of hydrogen-bond acceptors (Lipinski definition) is 0. The SMILES string of the molecule is PPP(PP(P(P)P)P(P)P)P(P)P. The highest BCUT2D eigenvalue weighted by atomic mass is 33.2. The van der Waals surface area contributed by atoms with Gasteiger partial charge in [0, 0.05) is 0 Å². The standard InChI is InChI=1S/H16P14/c1-8-13(10(2)3)9-14(11(4)5)12(6)7/h8-9H,1-7H2. The fourth-order valence-corrected chi connectivity index (χ4v) is 110. The molecule has 86 valence electrons. The third kappa shape index (κ3) is 9.05. The largest absolute Gasteiger partial charge is 0.109 e. The Hall–Kier alpha value is 6.02. The van der Waals surface area contributed by atoms with Crippen molar-refractivity contribution in [3.05, 3.63) is 0 Å². The van der Waals surface area contributed by atoms with E-state index in [1.807, 2.05) is 0 Å². The Labute approximate surface area is 113 Å². The highest BCUT2D eigenvalue weighted by Gasteiger charge is 2.23. The van der Waals surface area contributed by atoms with Crippen LogP contribution in [0.15, 0.2) is 0 Å². The monoisotopic (exact) mass is 450 g/mol. The van der Waals surface area contributed by atoms with E-state index in [1.54, 1.807) is 0 Å². The Bertz CT molecular complexity index is 125. The molecule has 0 rings (SSSR count). The Morgan fingerprint density at radius 1 is 0.714 bits per heavy atom. The quantitative estimate of drug-likeness (QED) is 0.363. The predicted molar refractivity (Wildman–Crippen MR) is 119 cm³/mol. The fraction of sp³-hybridized carbons (Fsp3) is 0. The van der Waals surface area contributed by atoms with Gasteiger partial charge in [-0.25, -0.2) is 0 Å². The van der Waals surface area contributed by atoms with E-state index in [2.05, 4.69) is 62.5 Å². The molecule has 0 saturated carbocycles. The summed E-state index contributed by atoms with van der Waals surface area (Å²) in [6.45, 7) is 0.985. The van der Waals surface area contributed by atoms with Crippen LogP contribution in [0.3, 0.4) is 0 Å². The van der Waals surface area contributed by atoms with Crippen LogP contribution >= 0.6 is 113 Å². The van der Waals surface area contributed by atoms with Crippen LogP contribution in [-0.4, -0.2) is 0 Å². The molecule has 14 heavy (non-hydrogen) atoms. The zero-order chi connectivity index (χ0) is 11.3. The molecule has 0 saturated heterocycles. The summed E-state index contributed by atoms with van der Waals surface area (Å²) in [7, 11) is 23.5. The van der Waals surface area contributed by atoms with Crippen LogP contribution < -0.4 is 0 Å². The summed E-state index contributed by atoms with van der Waals surface area (Å²) in [5, 5.41) is 0. The second kappa shape index (κ2) is 11.7. The van der Waals surface area contributed by atoms with E-state index in [-0.39, 0.29) is 27.9 Å². The fourth-order valence-electron chi connectivity index (χ4n) is 0.454. The van der Waals surface area contributed by atoms with Gasteiger partial charge in [-0.3, -0.25) is 0 Å². The van der Waals surface area contributed by atoms with E-state index >= 15 is 0 Å². The van der Waals surface area contributed by atoms with Gasteiger partial charge in [0.25, 0.3) is 0 Å². The van der Waals surface area contributed by atoms with Gasteiger partial charge in [0.15, 0.2) is 0 Å². The topological polar surface area (TPSA) is 0 Å². The molecular weight excluding hydrogens is 434 g/mol. The molecule has 0 fully saturated rings. The van der Waals surface area contributed by atoms with Crippen LogP contribution in [0.5, 0.6) is 0 Å². The molecule has 0 aromatic heterocycles. The molecule has 0 aromatic carbocycles. The second-order valence-electron chi connectivity index (χ2n) is 1.97. The van der Waals surface area contributed by atoms with Crippen molar-refractivity contribution in [2.75, 3.05) is 0 Å². The van der Waals surface area contributed by atoms with E-state index in [4.69, 9.17) is 0 Å². The van der Waals surface area contributed by atoms with Crippen molar-refractivity contribution in [3.8, 4) is 0 Å². The van der Waals surface area contributed by atoms with Crippen molar-refractivity contribution in [1.82, 2.24) is 0 Å². The van der Waals surface area contributed by atoms with Crippen molar-refractivity contribution < 1.29 is 0 Å². The molecule has 0 amide bonds. The van der Waals surface area contributed by atoms with Crippen LogP contribution in [-0.2, 0) is 0 Å². The van der Waals surface area contributed by atoms with E-state index in [0.717, 1.165) is 7.96 Å². The minimum Gasteiger partial charge on any atom is -0.109 e. The molecule has 0 aliphatic rings. The lowest BCUT2D eigenvalue weighted by Crippen LogP contribution is -1.40. The van der Waals surface area contributed by atoms with E-state index < -0.39 is 0 Å². The first-order valence-corrected chi connectivity index (χ1v) is 28.0. The summed E-state index contributed by atoms with van der Waals surface area (Å²) < 4.78 is 0. The van der Waals surface area contributed by atoms with Crippen molar-refractivity contribution in [2.45, 2.75) is 0 Å². The maximum absolute atomic E-state index is 3.04. The zero-order valence-corrected chi connectivity index (χ0v) is 21.8. The zero-order valence-electron chi connectivity index (χ0n) is 7.28. The molecule has 14 heteroatoms. The summed E-state index contributed by atoms with van der Waals surface area (Å²) >= 11 is 0. The molecule has 0 bridgehead atoms. The normalized spacial score (nSPS) is 16.5. The second-order valence-corrected chi connectivity index (χ2v) is 53.2. The van der Waals surface area contributed by atoms with Crippen LogP contribution in [0.4, 0.5) is 0 Å². The van der Waals surface area contributed by atoms with E-state index in [9.17, 15) is 0 Å². The van der Waals surface area contributed by atoms with Gasteiger partial charge in [-0.15, -0.1) is 62.5 Å². The molecular formula is H16P14. The lowest BCUT2D eigenvalue weighted by Gasteiger charge is -2.30. The molecule has 0 radical (unpaired) electrons. The molecule has 10 unspecified atom stereocenters. The van der Waals surface area contributed by atoms with Gasteiger partial charge in [0.1, 0.15) is 0 Å². The number of rotatable bonds is 6. The predicted octanol–water partition coefficient (Wildman–Crippen LogP) is 7.77. The third-order valence-electron chi connectivity index (χ3n) is 0.975. The lowest BCUT2D eigenvalue weighted by atomic mass is 28.7. The molecule has 0 nitrogen and oxygen atoms in total. The van der Waals surface area contributed by atoms with Crippen LogP contribution in [0.1, 0.15) is 0 Å². The van der Waals surface area contributed by atoms with Crippen molar-refractivity contribution in [1.29, 1.82) is 0 Å². The lowest BCUT2D eigenvalue weighted by molar-refractivity contribution is 4.66. The van der Waals surface area contributed by atoms with E-state index in [0.29, 0.717) is 6.99 Å². The van der Waals surface area contributed by atoms with Crippen molar-refractivity contribution in [2.24, 2.45) is 0 Å². The van der Waals surface area contributed by atoms with Crippen LogP contribution in [0.2, 0.25) is 0 Å². The Morgan fingerprint density at radius 3 is 1.36 bits per heavy atom. The van der Waals surface area contributed by atoms with Gasteiger partial charge in [-0.05, 0) is 34.9 Å². The Balaban J connectivity index is 4.26. The smallest absolute Gasteiger partial charge is 0.0133 e. The maximum Gasteiger partial charge on any atom is -0.0133 e. The van der Waals surface area contributed by atoms with Gasteiger partial charge in [-0.2, -0.15) is 0 Å². The number of hydrogen-bond donors (Lipinski definition) is 0. The summed E-state index contributed by atoms with van der Waals surface area (Å²) in [6.07, 6.45) is 0. The van der Waals surface area contributed by atoms with Gasteiger partial charge in [0.05, 0.1) is 0 Å². The average Bonchev–Trinajstić information content (AvgIpc) is 2.03. The minimum atomic E-state index is 0.135. The van der Waals surface area contributed by atoms with E-state index in [1.165, 1.54) is 7.96 Å². The molecule has 0 N–H and O–H groups in total. The van der Waals surface area contributed by atoms with Crippen molar-refractivity contribution >= 4 is 113 Å². The summed E-state index contributed by atoms with van der Waals surface area (Å²) in [4.78, 5) is 0. The van der Waals surface area contributed by atoms with Crippen LogP contribution in [0, 0.1) is 0 Å². The molecule has 0 heterocycles. The first kappa shape index (κ1) is 20.0. The summed E-state index contributed by atoms with van der Waals surface area (Å²) in [5.74, 6) is 0. The van der Waals surface area contributed by atoms with Crippen molar-refractivity contribution in [3.63, 3.8) is 0 Å². The maximum atomic E-state index is 3.04. The minimum absolute atomic E-state index is 0.135. The van der Waals surface area contributed by atoms with Crippen LogP contribution in [0.25, 0.3) is 0 Å². The molecule has 0 aliphatic heterocycles. The van der Waals surface area contributed by atoms with Gasteiger partial charge >= 0.3 is 0 Å². The first-order chi connectivity index (χ1) is 6.40. The summed E-state index contributed by atoms with van der Waals surface area (Å²) in [5.41, 5.74) is 0. The van der Waals surface area contributed by atoms with Gasteiger partial charge in [-0.1, -0.05) is 15.9 Å². The third-order valence-corrected chi connectivity index (χ3v) is 79.0. The van der Waals surface area contributed by atoms with Gasteiger partial charge < -0.3 is 0 Å². The summed E-state index contributed by atoms with van der Waals surface area (Å²) in [6, 6.07) is 0. The van der Waals surface area contributed by atoms with Gasteiger partial charge in [0.2, 0.25) is 0 Å². The first-order valence-electron chi connectivity index (χ1n) is 3.11. The Morgan fingerprint density at radius 2 is 1.14 bits per heavy atom. The molecule has 0 aromatic rings. The molecule has 0 spiro atoms. The highest BCUT2D eigenvalue weighted by molar-refractivity contribution is 9.19. The molecule has 0 aliphatic carbocycles. The average molecular weight is 450 g/mol. The Kier molecular flexibility index (Phi) is 16.7.